The molecule has 3 rings (SSSR count). The van der Waals surface area contributed by atoms with Gasteiger partial charge >= 0.3 is 0 Å². The van der Waals surface area contributed by atoms with E-state index in [4.69, 9.17) is 4.74 Å². The second-order valence-corrected chi connectivity index (χ2v) is 5.98. The second-order valence-electron chi connectivity index (χ2n) is 5.00. The van der Waals surface area contributed by atoms with Crippen LogP contribution in [0.25, 0.3) is 0 Å². The van der Waals surface area contributed by atoms with Gasteiger partial charge in [-0.05, 0) is 30.4 Å². The maximum Gasteiger partial charge on any atom is 0.0701 e. The summed E-state index contributed by atoms with van der Waals surface area (Å²) in [7, 11) is 0. The molecule has 1 fully saturated rings. The van der Waals surface area contributed by atoms with E-state index in [1.54, 1.807) is 0 Å². The first-order chi connectivity index (χ1) is 9.34. The Hall–Kier alpha value is -1.16. The van der Waals surface area contributed by atoms with E-state index in [0.717, 1.165) is 13.0 Å². The average molecular weight is 273 g/mol. The van der Waals surface area contributed by atoms with Crippen LogP contribution in [0.2, 0.25) is 0 Å². The van der Waals surface area contributed by atoms with Crippen LogP contribution >= 0.6 is 11.3 Å². The SMILES string of the molecule is CC1OCCC1NC(c1ccccc1)c1cccs1. The van der Waals surface area contributed by atoms with Crippen LogP contribution in [-0.4, -0.2) is 18.8 Å². The van der Waals surface area contributed by atoms with Crippen molar-refractivity contribution in [2.24, 2.45) is 0 Å². The highest BCUT2D eigenvalue weighted by Gasteiger charge is 2.27. The summed E-state index contributed by atoms with van der Waals surface area (Å²) in [5.41, 5.74) is 1.32. The number of ether oxygens (including phenoxy) is 1. The van der Waals surface area contributed by atoms with Crippen LogP contribution in [0, 0.1) is 0 Å². The highest BCUT2D eigenvalue weighted by Crippen LogP contribution is 2.28. The molecule has 100 valence electrons. The molecule has 2 nitrogen and oxygen atoms in total. The first-order valence-corrected chi connectivity index (χ1v) is 7.68. The summed E-state index contributed by atoms with van der Waals surface area (Å²) in [6.07, 6.45) is 1.39. The number of benzene rings is 1. The van der Waals surface area contributed by atoms with E-state index in [1.807, 2.05) is 11.3 Å². The fourth-order valence-electron chi connectivity index (χ4n) is 2.61. The van der Waals surface area contributed by atoms with Gasteiger partial charge in [0.05, 0.1) is 12.1 Å². The Morgan fingerprint density at radius 3 is 2.68 bits per heavy atom. The van der Waals surface area contributed by atoms with Crippen molar-refractivity contribution in [1.29, 1.82) is 0 Å². The number of hydrogen-bond acceptors (Lipinski definition) is 3. The van der Waals surface area contributed by atoms with Gasteiger partial charge in [-0.1, -0.05) is 36.4 Å². The summed E-state index contributed by atoms with van der Waals surface area (Å²) in [6.45, 7) is 3.02. The van der Waals surface area contributed by atoms with E-state index >= 15 is 0 Å². The molecule has 3 atom stereocenters. The van der Waals surface area contributed by atoms with Crippen LogP contribution in [0.15, 0.2) is 47.8 Å². The Bertz CT molecular complexity index is 497. The molecule has 0 bridgehead atoms. The summed E-state index contributed by atoms with van der Waals surface area (Å²) in [4.78, 5) is 1.37. The Morgan fingerprint density at radius 1 is 1.21 bits per heavy atom. The van der Waals surface area contributed by atoms with Gasteiger partial charge < -0.3 is 10.1 Å². The lowest BCUT2D eigenvalue weighted by molar-refractivity contribution is 0.112. The molecule has 2 heterocycles. The molecule has 19 heavy (non-hydrogen) atoms. The molecule has 1 aromatic heterocycles. The molecule has 1 aromatic carbocycles. The summed E-state index contributed by atoms with van der Waals surface area (Å²) in [6, 6.07) is 15.7. The van der Waals surface area contributed by atoms with Crippen LogP contribution in [0.3, 0.4) is 0 Å². The largest absolute Gasteiger partial charge is 0.377 e. The molecule has 0 aliphatic carbocycles. The van der Waals surface area contributed by atoms with Crippen LogP contribution in [0.4, 0.5) is 0 Å². The van der Waals surface area contributed by atoms with Gasteiger partial charge in [0.1, 0.15) is 0 Å². The predicted molar refractivity (Wildman–Crippen MR) is 79.6 cm³/mol. The molecule has 1 N–H and O–H groups in total. The van der Waals surface area contributed by atoms with E-state index in [9.17, 15) is 0 Å². The molecule has 1 aliphatic rings. The van der Waals surface area contributed by atoms with Crippen molar-refractivity contribution in [3.8, 4) is 0 Å². The van der Waals surface area contributed by atoms with Crippen LogP contribution in [0.5, 0.6) is 0 Å². The zero-order valence-corrected chi connectivity index (χ0v) is 11.9. The predicted octanol–water partition coefficient (Wildman–Crippen LogP) is 3.60. The highest BCUT2D eigenvalue weighted by atomic mass is 32.1. The minimum atomic E-state index is 0.273. The van der Waals surface area contributed by atoms with Gasteiger partial charge in [-0.2, -0.15) is 0 Å². The second kappa shape index (κ2) is 5.87. The van der Waals surface area contributed by atoms with Crippen molar-refractivity contribution >= 4 is 11.3 Å². The third kappa shape index (κ3) is 2.89. The third-order valence-corrected chi connectivity index (χ3v) is 4.65. The van der Waals surface area contributed by atoms with Crippen molar-refractivity contribution in [3.63, 3.8) is 0 Å². The molecule has 0 spiro atoms. The quantitative estimate of drug-likeness (QED) is 0.919. The topological polar surface area (TPSA) is 21.3 Å². The molecule has 3 unspecified atom stereocenters. The van der Waals surface area contributed by atoms with Crippen molar-refractivity contribution in [1.82, 2.24) is 5.32 Å². The Labute approximate surface area is 118 Å². The van der Waals surface area contributed by atoms with Crippen LogP contribution < -0.4 is 5.32 Å². The van der Waals surface area contributed by atoms with Gasteiger partial charge in [0, 0.05) is 17.5 Å². The Kier molecular flexibility index (Phi) is 3.97. The third-order valence-electron chi connectivity index (χ3n) is 3.72. The minimum Gasteiger partial charge on any atom is -0.377 e. The summed E-state index contributed by atoms with van der Waals surface area (Å²) in [5, 5.41) is 5.91. The summed E-state index contributed by atoms with van der Waals surface area (Å²) in [5.74, 6) is 0. The fourth-order valence-corrected chi connectivity index (χ4v) is 3.42. The minimum absolute atomic E-state index is 0.273. The van der Waals surface area contributed by atoms with Crippen molar-refractivity contribution < 1.29 is 4.74 Å². The lowest BCUT2D eigenvalue weighted by Gasteiger charge is -2.24. The first-order valence-electron chi connectivity index (χ1n) is 6.80. The standard InChI is InChI=1S/C16H19NOS/c1-12-14(9-10-18-12)17-16(15-8-5-11-19-15)13-6-3-2-4-7-13/h2-8,11-12,14,16-17H,9-10H2,1H3. The number of nitrogens with one attached hydrogen (secondary N) is 1. The zero-order valence-electron chi connectivity index (χ0n) is 11.1. The lowest BCUT2D eigenvalue weighted by Crippen LogP contribution is -2.37. The fraction of sp³-hybridized carbons (Fsp3) is 0.375. The van der Waals surface area contributed by atoms with Crippen LogP contribution in [0.1, 0.15) is 29.8 Å². The van der Waals surface area contributed by atoms with E-state index < -0.39 is 0 Å². The molecule has 2 aromatic rings. The molecule has 3 heteroatoms. The molecular formula is C16H19NOS. The molecule has 0 amide bonds. The van der Waals surface area contributed by atoms with E-state index in [0.29, 0.717) is 12.1 Å². The summed E-state index contributed by atoms with van der Waals surface area (Å²) < 4.78 is 5.66. The monoisotopic (exact) mass is 273 g/mol. The van der Waals surface area contributed by atoms with Crippen molar-refractivity contribution in [2.45, 2.75) is 31.5 Å². The molecular weight excluding hydrogens is 254 g/mol. The number of hydrogen-bond donors (Lipinski definition) is 1. The maximum absolute atomic E-state index is 5.66. The molecule has 1 saturated heterocycles. The Balaban J connectivity index is 1.85. The first kappa shape index (κ1) is 12.9. The normalized spacial score (nSPS) is 24.5. The maximum atomic E-state index is 5.66. The van der Waals surface area contributed by atoms with Crippen molar-refractivity contribution in [3.05, 3.63) is 58.3 Å². The van der Waals surface area contributed by atoms with Gasteiger partial charge in [-0.15, -0.1) is 11.3 Å². The van der Waals surface area contributed by atoms with Gasteiger partial charge in [0.25, 0.3) is 0 Å². The molecule has 0 radical (unpaired) electrons. The Morgan fingerprint density at radius 2 is 2.05 bits per heavy atom. The summed E-state index contributed by atoms with van der Waals surface area (Å²) >= 11 is 1.81. The van der Waals surface area contributed by atoms with Crippen molar-refractivity contribution in [2.75, 3.05) is 6.61 Å². The molecule has 1 aliphatic heterocycles. The van der Waals surface area contributed by atoms with Gasteiger partial charge in [-0.3, -0.25) is 0 Å². The van der Waals surface area contributed by atoms with E-state index in [1.165, 1.54) is 10.4 Å². The number of rotatable bonds is 4. The van der Waals surface area contributed by atoms with Crippen LogP contribution in [-0.2, 0) is 4.74 Å². The van der Waals surface area contributed by atoms with Gasteiger partial charge in [0.2, 0.25) is 0 Å². The van der Waals surface area contributed by atoms with Gasteiger partial charge in [-0.25, -0.2) is 0 Å². The molecule has 0 saturated carbocycles. The highest BCUT2D eigenvalue weighted by molar-refractivity contribution is 7.10. The lowest BCUT2D eigenvalue weighted by atomic mass is 10.0. The van der Waals surface area contributed by atoms with Gasteiger partial charge in [0.15, 0.2) is 0 Å². The van der Waals surface area contributed by atoms with E-state index in [-0.39, 0.29) is 6.04 Å². The van der Waals surface area contributed by atoms with E-state index in [2.05, 4.69) is 60.1 Å². The smallest absolute Gasteiger partial charge is 0.0701 e. The number of thiophene rings is 1. The zero-order chi connectivity index (χ0) is 13.1. The average Bonchev–Trinajstić information content (AvgIpc) is 3.09.